The van der Waals surface area contributed by atoms with E-state index in [0.717, 1.165) is 16.0 Å². The highest BCUT2D eigenvalue weighted by atomic mass is 79.9. The SMILES string of the molecule is Nc1sc(Br)c2c(C(=O)O)nn(-c3ccc(Cl)cc3)c(=O)c12. The number of rotatable bonds is 2. The first kappa shape index (κ1) is 15.0. The van der Waals surface area contributed by atoms with E-state index < -0.39 is 11.5 Å². The molecule has 0 fully saturated rings. The van der Waals surface area contributed by atoms with Crippen LogP contribution in [-0.2, 0) is 0 Å². The zero-order valence-electron chi connectivity index (χ0n) is 10.7. The summed E-state index contributed by atoms with van der Waals surface area (Å²) in [7, 11) is 0. The van der Waals surface area contributed by atoms with Crippen molar-refractivity contribution in [1.82, 2.24) is 9.78 Å². The standard InChI is InChI=1S/C13H7BrClN3O3S/c14-10-7-8(11(16)22-10)12(19)18(17-9(7)13(20)21)6-3-1-5(15)2-4-6/h1-4H,16H2,(H,20,21). The number of nitrogens with zero attached hydrogens (tertiary/aromatic N) is 2. The molecule has 3 aromatic rings. The highest BCUT2D eigenvalue weighted by Gasteiger charge is 2.23. The zero-order chi connectivity index (χ0) is 16.0. The first-order valence-corrected chi connectivity index (χ1v) is 7.89. The van der Waals surface area contributed by atoms with Crippen molar-refractivity contribution in [3.63, 3.8) is 0 Å². The summed E-state index contributed by atoms with van der Waals surface area (Å²) in [5, 5.41) is 14.4. The van der Waals surface area contributed by atoms with Crippen LogP contribution in [0.4, 0.5) is 5.00 Å². The van der Waals surface area contributed by atoms with Gasteiger partial charge in [0.05, 0.1) is 14.9 Å². The van der Waals surface area contributed by atoms with E-state index in [1.165, 1.54) is 0 Å². The Morgan fingerprint density at radius 3 is 2.55 bits per heavy atom. The molecule has 3 rings (SSSR count). The Morgan fingerprint density at radius 1 is 1.32 bits per heavy atom. The molecule has 0 aliphatic carbocycles. The molecule has 22 heavy (non-hydrogen) atoms. The smallest absolute Gasteiger partial charge is 0.357 e. The highest BCUT2D eigenvalue weighted by molar-refractivity contribution is 9.11. The number of halogens is 2. The number of hydrogen-bond acceptors (Lipinski definition) is 5. The van der Waals surface area contributed by atoms with Crippen molar-refractivity contribution in [1.29, 1.82) is 0 Å². The summed E-state index contributed by atoms with van der Waals surface area (Å²) in [4.78, 5) is 24.1. The molecule has 0 unspecified atom stereocenters. The summed E-state index contributed by atoms with van der Waals surface area (Å²) < 4.78 is 1.47. The number of benzene rings is 1. The van der Waals surface area contributed by atoms with Crippen molar-refractivity contribution in [3.8, 4) is 5.69 Å². The first-order chi connectivity index (χ1) is 10.4. The van der Waals surface area contributed by atoms with Gasteiger partial charge in [0.15, 0.2) is 5.69 Å². The number of nitrogen functional groups attached to an aromatic ring is 1. The topological polar surface area (TPSA) is 98.2 Å². The number of aromatic nitrogens is 2. The van der Waals surface area contributed by atoms with Crippen LogP contribution in [0.3, 0.4) is 0 Å². The molecule has 0 aliphatic heterocycles. The van der Waals surface area contributed by atoms with Crippen LogP contribution in [0.15, 0.2) is 32.8 Å². The minimum Gasteiger partial charge on any atom is -0.476 e. The van der Waals surface area contributed by atoms with E-state index >= 15 is 0 Å². The maximum Gasteiger partial charge on any atom is 0.357 e. The Balaban J connectivity index is 2.44. The quantitative estimate of drug-likeness (QED) is 0.688. The number of hydrogen-bond donors (Lipinski definition) is 2. The molecule has 0 saturated heterocycles. The van der Waals surface area contributed by atoms with Crippen LogP contribution in [0.2, 0.25) is 5.02 Å². The maximum absolute atomic E-state index is 12.6. The van der Waals surface area contributed by atoms with E-state index in [2.05, 4.69) is 21.0 Å². The molecule has 0 spiro atoms. The fourth-order valence-corrected chi connectivity index (χ4v) is 3.87. The van der Waals surface area contributed by atoms with Crippen molar-refractivity contribution in [2.24, 2.45) is 0 Å². The van der Waals surface area contributed by atoms with Gasteiger partial charge in [-0.3, -0.25) is 4.79 Å². The average molecular weight is 401 g/mol. The van der Waals surface area contributed by atoms with E-state index in [4.69, 9.17) is 17.3 Å². The Bertz CT molecular complexity index is 965. The minimum atomic E-state index is -1.24. The fourth-order valence-electron chi connectivity index (χ4n) is 2.05. The number of carboxylic acid groups (broad SMARTS) is 1. The summed E-state index contributed by atoms with van der Waals surface area (Å²) in [5.41, 5.74) is 5.52. The van der Waals surface area contributed by atoms with E-state index in [9.17, 15) is 14.7 Å². The van der Waals surface area contributed by atoms with Gasteiger partial charge < -0.3 is 10.8 Å². The first-order valence-electron chi connectivity index (χ1n) is 5.90. The highest BCUT2D eigenvalue weighted by Crippen LogP contribution is 2.37. The molecule has 2 aromatic heterocycles. The van der Waals surface area contributed by atoms with Crippen LogP contribution in [0.1, 0.15) is 10.5 Å². The molecular weight excluding hydrogens is 394 g/mol. The molecule has 9 heteroatoms. The molecule has 0 amide bonds. The number of thiophene rings is 1. The normalized spacial score (nSPS) is 11.0. The van der Waals surface area contributed by atoms with Gasteiger partial charge in [0.2, 0.25) is 0 Å². The number of aromatic carboxylic acids is 1. The molecule has 112 valence electrons. The number of nitrogens with two attached hydrogens (primary N) is 1. The number of fused-ring (bicyclic) bond motifs is 1. The van der Waals surface area contributed by atoms with Gasteiger partial charge in [0.25, 0.3) is 5.56 Å². The van der Waals surface area contributed by atoms with E-state index in [1.54, 1.807) is 24.3 Å². The Morgan fingerprint density at radius 2 is 1.95 bits per heavy atom. The zero-order valence-corrected chi connectivity index (χ0v) is 13.9. The van der Waals surface area contributed by atoms with Gasteiger partial charge in [-0.15, -0.1) is 11.3 Å². The van der Waals surface area contributed by atoms with Crippen LogP contribution in [0.5, 0.6) is 0 Å². The lowest BCUT2D eigenvalue weighted by Crippen LogP contribution is -2.24. The second-order valence-electron chi connectivity index (χ2n) is 4.34. The second kappa shape index (κ2) is 5.38. The van der Waals surface area contributed by atoms with Gasteiger partial charge in [-0.2, -0.15) is 9.78 Å². The lowest BCUT2D eigenvalue weighted by molar-refractivity contribution is 0.0691. The molecule has 0 atom stereocenters. The van der Waals surface area contributed by atoms with Crippen LogP contribution in [0, 0.1) is 0 Å². The Labute approximate surface area is 140 Å². The summed E-state index contributed by atoms with van der Waals surface area (Å²) >= 11 is 10.1. The second-order valence-corrected chi connectivity index (χ2v) is 7.14. The molecular formula is C13H7BrClN3O3S. The molecule has 3 N–H and O–H groups in total. The maximum atomic E-state index is 12.6. The molecule has 6 nitrogen and oxygen atoms in total. The summed E-state index contributed by atoms with van der Waals surface area (Å²) in [6, 6.07) is 6.32. The van der Waals surface area contributed by atoms with Crippen molar-refractivity contribution >= 4 is 60.6 Å². The predicted molar refractivity (Wildman–Crippen MR) is 89.3 cm³/mol. The van der Waals surface area contributed by atoms with Gasteiger partial charge in [-0.25, -0.2) is 4.79 Å². The Hall–Kier alpha value is -1.90. The molecule has 0 bridgehead atoms. The van der Waals surface area contributed by atoms with Gasteiger partial charge in [-0.1, -0.05) is 11.6 Å². The van der Waals surface area contributed by atoms with Gasteiger partial charge in [0, 0.05) is 10.4 Å². The third kappa shape index (κ3) is 2.29. The van der Waals surface area contributed by atoms with Crippen molar-refractivity contribution in [3.05, 3.63) is 49.1 Å². The van der Waals surface area contributed by atoms with Crippen LogP contribution in [-0.4, -0.2) is 20.9 Å². The fraction of sp³-hybridized carbons (Fsp3) is 0. The lowest BCUT2D eigenvalue weighted by Gasteiger charge is -2.07. The number of carbonyl (C=O) groups is 1. The molecule has 0 saturated carbocycles. The Kier molecular flexibility index (Phi) is 3.67. The van der Waals surface area contributed by atoms with Gasteiger partial charge in [-0.05, 0) is 40.2 Å². The van der Waals surface area contributed by atoms with Gasteiger partial charge >= 0.3 is 5.97 Å². The molecule has 2 heterocycles. The molecule has 1 aromatic carbocycles. The predicted octanol–water partition coefficient (Wildman–Crippen LogP) is 3.14. The van der Waals surface area contributed by atoms with Crippen molar-refractivity contribution in [2.45, 2.75) is 0 Å². The summed E-state index contributed by atoms with van der Waals surface area (Å²) in [5.74, 6) is -1.24. The van der Waals surface area contributed by atoms with E-state index in [-0.39, 0.29) is 21.5 Å². The minimum absolute atomic E-state index is 0.138. The van der Waals surface area contributed by atoms with E-state index in [0.29, 0.717) is 14.5 Å². The largest absolute Gasteiger partial charge is 0.476 e. The monoisotopic (exact) mass is 399 g/mol. The third-order valence-electron chi connectivity index (χ3n) is 3.01. The lowest BCUT2D eigenvalue weighted by atomic mass is 10.2. The van der Waals surface area contributed by atoms with Gasteiger partial charge in [0.1, 0.15) is 5.00 Å². The van der Waals surface area contributed by atoms with Crippen molar-refractivity contribution in [2.75, 3.05) is 5.73 Å². The number of anilines is 1. The third-order valence-corrected chi connectivity index (χ3v) is 4.95. The molecule has 0 aliphatic rings. The van der Waals surface area contributed by atoms with Crippen LogP contribution in [0.25, 0.3) is 16.5 Å². The van der Waals surface area contributed by atoms with Crippen LogP contribution >= 0.6 is 38.9 Å². The molecule has 0 radical (unpaired) electrons. The average Bonchev–Trinajstić information content (AvgIpc) is 2.76. The van der Waals surface area contributed by atoms with Crippen LogP contribution < -0.4 is 11.3 Å². The summed E-state index contributed by atoms with van der Waals surface area (Å²) in [6.07, 6.45) is 0. The number of carboxylic acids is 1. The van der Waals surface area contributed by atoms with E-state index in [1.807, 2.05) is 0 Å². The summed E-state index contributed by atoms with van der Waals surface area (Å²) in [6.45, 7) is 0. The van der Waals surface area contributed by atoms with Crippen molar-refractivity contribution < 1.29 is 9.90 Å².